The molecule has 0 atom stereocenters. The summed E-state index contributed by atoms with van der Waals surface area (Å²) in [6.07, 6.45) is 2.64. The molecule has 1 aliphatic rings. The fourth-order valence-electron chi connectivity index (χ4n) is 4.40. The smallest absolute Gasteiger partial charge is 0.339 e. The molecule has 1 N–H and O–H groups in total. The lowest BCUT2D eigenvalue weighted by atomic mass is 10.2. The molecule has 4 aromatic rings. The van der Waals surface area contributed by atoms with Gasteiger partial charge in [-0.3, -0.25) is 0 Å². The van der Waals surface area contributed by atoms with Crippen LogP contribution in [0.2, 0.25) is 5.02 Å². The van der Waals surface area contributed by atoms with Gasteiger partial charge in [0, 0.05) is 43.5 Å². The summed E-state index contributed by atoms with van der Waals surface area (Å²) in [6, 6.07) is 12.8. The minimum Gasteiger partial charge on any atom is -0.465 e. The summed E-state index contributed by atoms with van der Waals surface area (Å²) in [6.45, 7) is 2.19. The van der Waals surface area contributed by atoms with E-state index in [9.17, 15) is 14.0 Å². The second-order valence-corrected chi connectivity index (χ2v) is 8.71. The molecule has 2 amide bonds. The first-order valence-corrected chi connectivity index (χ1v) is 11.6. The Morgan fingerprint density at radius 2 is 1.91 bits per heavy atom. The van der Waals surface area contributed by atoms with Crippen LogP contribution in [0.25, 0.3) is 16.6 Å². The summed E-state index contributed by atoms with van der Waals surface area (Å²) in [5.41, 5.74) is 2.84. The third kappa shape index (κ3) is 4.46. The van der Waals surface area contributed by atoms with Gasteiger partial charge in [0.1, 0.15) is 5.82 Å². The van der Waals surface area contributed by atoms with Gasteiger partial charge in [0.25, 0.3) is 0 Å². The number of carbonyl (C=O) groups is 2. The molecule has 5 rings (SSSR count). The summed E-state index contributed by atoms with van der Waals surface area (Å²) in [5, 5.41) is 3.19. The van der Waals surface area contributed by atoms with Crippen LogP contribution in [0.5, 0.6) is 0 Å². The summed E-state index contributed by atoms with van der Waals surface area (Å²) < 4.78 is 20.7. The second kappa shape index (κ2) is 9.42. The molecule has 1 fully saturated rings. The first-order valence-electron chi connectivity index (χ1n) is 11.2. The van der Waals surface area contributed by atoms with Crippen molar-refractivity contribution in [3.05, 3.63) is 71.1 Å². The number of carbonyl (C=O) groups excluding carboxylic acids is 2. The Kier molecular flexibility index (Phi) is 6.17. The molecule has 10 heteroatoms. The summed E-state index contributed by atoms with van der Waals surface area (Å²) >= 11 is 6.08. The number of amides is 2. The van der Waals surface area contributed by atoms with E-state index in [1.54, 1.807) is 17.0 Å². The maximum atomic E-state index is 13.9. The van der Waals surface area contributed by atoms with Crippen molar-refractivity contribution >= 4 is 51.7 Å². The number of aromatic nitrogens is 2. The molecule has 1 aliphatic heterocycles. The Hall–Kier alpha value is -3.85. The zero-order chi connectivity index (χ0) is 24.5. The van der Waals surface area contributed by atoms with Crippen molar-refractivity contribution in [3.63, 3.8) is 0 Å². The van der Waals surface area contributed by atoms with Gasteiger partial charge in [0.15, 0.2) is 5.82 Å². The van der Waals surface area contributed by atoms with Gasteiger partial charge in [-0.1, -0.05) is 11.6 Å². The Balaban J connectivity index is 1.37. The van der Waals surface area contributed by atoms with Gasteiger partial charge >= 0.3 is 12.0 Å². The van der Waals surface area contributed by atoms with E-state index >= 15 is 0 Å². The number of ether oxygens (including phenoxy) is 1. The zero-order valence-corrected chi connectivity index (χ0v) is 19.8. The number of nitrogens with one attached hydrogen (secondary N) is 1. The van der Waals surface area contributed by atoms with E-state index in [1.165, 1.54) is 31.4 Å². The lowest BCUT2D eigenvalue weighted by Crippen LogP contribution is -2.38. The monoisotopic (exact) mass is 495 g/mol. The van der Waals surface area contributed by atoms with Crippen LogP contribution in [0.4, 0.5) is 20.7 Å². The van der Waals surface area contributed by atoms with Crippen LogP contribution in [0.3, 0.4) is 0 Å². The Morgan fingerprint density at radius 1 is 1.06 bits per heavy atom. The number of halogens is 2. The number of fused-ring (bicyclic) bond motifs is 3. The molecule has 0 spiro atoms. The molecule has 2 aromatic carbocycles. The topological polar surface area (TPSA) is 79.2 Å². The molecular weight excluding hydrogens is 473 g/mol. The molecule has 180 valence electrons. The molecule has 0 unspecified atom stereocenters. The first-order chi connectivity index (χ1) is 16.9. The molecule has 0 radical (unpaired) electrons. The van der Waals surface area contributed by atoms with Crippen molar-refractivity contribution in [1.82, 2.24) is 14.3 Å². The number of esters is 1. The summed E-state index contributed by atoms with van der Waals surface area (Å²) in [4.78, 5) is 33.7. The Bertz CT molecular complexity index is 1440. The lowest BCUT2D eigenvalue weighted by Gasteiger charge is -2.24. The maximum Gasteiger partial charge on any atom is 0.339 e. The largest absolute Gasteiger partial charge is 0.465 e. The van der Waals surface area contributed by atoms with E-state index in [0.29, 0.717) is 48.8 Å². The van der Waals surface area contributed by atoms with Crippen LogP contribution in [-0.2, 0) is 4.74 Å². The van der Waals surface area contributed by atoms with E-state index in [2.05, 4.69) is 10.2 Å². The minimum absolute atomic E-state index is 0.227. The van der Waals surface area contributed by atoms with Crippen molar-refractivity contribution in [3.8, 4) is 0 Å². The normalized spacial score (nSPS) is 14.3. The number of urea groups is 1. The van der Waals surface area contributed by atoms with Crippen LogP contribution in [-0.4, -0.2) is 59.6 Å². The minimum atomic E-state index is -0.561. The molecule has 0 aliphatic carbocycles. The standard InChI is InChI=1S/C25H23ClFN5O3/c1-35-24(33)18-7-5-16(26)14-19(18)29-25(34)31-10-3-9-30(12-13-31)23-22-4-2-11-32(22)21-8-6-17(27)15-20(21)28-23/h2,4-8,11,14-15H,3,9-10,12-13H2,1H3,(H,29,34). The van der Waals surface area contributed by atoms with Crippen LogP contribution >= 0.6 is 11.6 Å². The molecule has 8 nitrogen and oxygen atoms in total. The number of hydrogen-bond donors (Lipinski definition) is 1. The van der Waals surface area contributed by atoms with Gasteiger partial charge in [-0.2, -0.15) is 0 Å². The molecule has 1 saturated heterocycles. The predicted octanol–water partition coefficient (Wildman–Crippen LogP) is 4.81. The van der Waals surface area contributed by atoms with Crippen LogP contribution in [0, 0.1) is 5.82 Å². The quantitative estimate of drug-likeness (QED) is 0.413. The zero-order valence-electron chi connectivity index (χ0n) is 19.0. The highest BCUT2D eigenvalue weighted by atomic mass is 35.5. The van der Waals surface area contributed by atoms with E-state index in [4.69, 9.17) is 21.3 Å². The number of anilines is 2. The molecule has 3 heterocycles. The van der Waals surface area contributed by atoms with Gasteiger partial charge in [-0.05, 0) is 48.9 Å². The van der Waals surface area contributed by atoms with Gasteiger partial charge in [0.2, 0.25) is 0 Å². The first kappa shape index (κ1) is 22.9. The number of hydrogen-bond acceptors (Lipinski definition) is 5. The fourth-order valence-corrected chi connectivity index (χ4v) is 4.57. The highest BCUT2D eigenvalue weighted by molar-refractivity contribution is 6.31. The van der Waals surface area contributed by atoms with Crippen LogP contribution < -0.4 is 10.2 Å². The molecule has 35 heavy (non-hydrogen) atoms. The van der Waals surface area contributed by atoms with Gasteiger partial charge in [0.05, 0.1) is 34.9 Å². The van der Waals surface area contributed by atoms with Crippen molar-refractivity contribution < 1.29 is 18.7 Å². The van der Waals surface area contributed by atoms with E-state index in [-0.39, 0.29) is 17.4 Å². The molecule has 0 bridgehead atoms. The Morgan fingerprint density at radius 3 is 2.74 bits per heavy atom. The third-order valence-corrected chi connectivity index (χ3v) is 6.35. The number of nitrogens with zero attached hydrogens (tertiary/aromatic N) is 4. The molecular formula is C25H23ClFN5O3. The summed E-state index contributed by atoms with van der Waals surface area (Å²) in [5.74, 6) is -0.152. The number of rotatable bonds is 3. The number of benzene rings is 2. The highest BCUT2D eigenvalue weighted by Gasteiger charge is 2.23. The lowest BCUT2D eigenvalue weighted by molar-refractivity contribution is 0.0602. The van der Waals surface area contributed by atoms with Gasteiger partial charge in [-0.15, -0.1) is 0 Å². The third-order valence-electron chi connectivity index (χ3n) is 6.11. The van der Waals surface area contributed by atoms with E-state index < -0.39 is 5.97 Å². The van der Waals surface area contributed by atoms with Crippen LogP contribution in [0.15, 0.2) is 54.7 Å². The predicted molar refractivity (Wildman–Crippen MR) is 133 cm³/mol. The van der Waals surface area contributed by atoms with E-state index in [1.807, 2.05) is 22.7 Å². The highest BCUT2D eigenvalue weighted by Crippen LogP contribution is 2.27. The van der Waals surface area contributed by atoms with Crippen molar-refractivity contribution in [1.29, 1.82) is 0 Å². The second-order valence-electron chi connectivity index (χ2n) is 8.27. The summed E-state index contributed by atoms with van der Waals surface area (Å²) in [7, 11) is 1.28. The van der Waals surface area contributed by atoms with E-state index in [0.717, 1.165) is 16.9 Å². The average molecular weight is 496 g/mol. The van der Waals surface area contributed by atoms with Gasteiger partial charge in [-0.25, -0.2) is 19.0 Å². The molecule has 0 saturated carbocycles. The molecule has 2 aromatic heterocycles. The maximum absolute atomic E-state index is 13.9. The average Bonchev–Trinajstić information content (AvgIpc) is 3.20. The SMILES string of the molecule is COC(=O)c1ccc(Cl)cc1NC(=O)N1CCCN(c2nc3cc(F)ccc3n3cccc23)CC1. The Labute approximate surface area is 205 Å². The van der Waals surface area contributed by atoms with Crippen molar-refractivity contribution in [2.75, 3.05) is 43.5 Å². The fraction of sp³-hybridized carbons (Fsp3) is 0.240. The number of methoxy groups -OCH3 is 1. The van der Waals surface area contributed by atoms with Gasteiger partial charge < -0.3 is 24.3 Å². The van der Waals surface area contributed by atoms with Crippen LogP contribution in [0.1, 0.15) is 16.8 Å². The van der Waals surface area contributed by atoms with Crippen molar-refractivity contribution in [2.45, 2.75) is 6.42 Å². The van der Waals surface area contributed by atoms with Crippen molar-refractivity contribution in [2.24, 2.45) is 0 Å².